The van der Waals surface area contributed by atoms with Crippen LogP contribution in [0.4, 0.5) is 0 Å². The number of esters is 1. The highest BCUT2D eigenvalue weighted by atomic mass is 16.5. The third kappa shape index (κ3) is 2.26. The number of carbonyl (C=O) groups is 1. The Morgan fingerprint density at radius 1 is 1.04 bits per heavy atom. The molecule has 4 fully saturated rings. The van der Waals surface area contributed by atoms with E-state index in [4.69, 9.17) is 4.74 Å². The van der Waals surface area contributed by atoms with Crippen molar-refractivity contribution in [3.8, 4) is 0 Å². The summed E-state index contributed by atoms with van der Waals surface area (Å²) in [4.78, 5) is 12.2. The Morgan fingerprint density at radius 2 is 1.85 bits per heavy atom. The minimum absolute atomic E-state index is 0.132. The monoisotopic (exact) mass is 374 g/mol. The van der Waals surface area contributed by atoms with Crippen LogP contribution in [-0.2, 0) is 9.53 Å². The van der Waals surface area contributed by atoms with Gasteiger partial charge in [-0.2, -0.15) is 0 Å². The summed E-state index contributed by atoms with van der Waals surface area (Å²) in [5.74, 6) is 1.45. The molecule has 0 saturated heterocycles. The van der Waals surface area contributed by atoms with Gasteiger partial charge in [0.05, 0.1) is 11.7 Å². The van der Waals surface area contributed by atoms with Crippen molar-refractivity contribution in [3.63, 3.8) is 0 Å². The smallest absolute Gasteiger partial charge is 0.334 e. The van der Waals surface area contributed by atoms with Crippen molar-refractivity contribution >= 4 is 5.97 Å². The highest BCUT2D eigenvalue weighted by Crippen LogP contribution is 2.69. The molecule has 150 valence electrons. The van der Waals surface area contributed by atoms with Gasteiger partial charge in [-0.25, -0.2) is 4.79 Å². The van der Waals surface area contributed by atoms with Crippen molar-refractivity contribution in [2.24, 2.45) is 34.5 Å². The van der Waals surface area contributed by atoms with E-state index in [2.05, 4.69) is 13.8 Å². The maximum atomic E-state index is 12.2. The van der Waals surface area contributed by atoms with E-state index in [9.17, 15) is 15.0 Å². The topological polar surface area (TPSA) is 66.8 Å². The first kappa shape index (κ1) is 18.2. The maximum absolute atomic E-state index is 12.2. The molecule has 5 rings (SSSR count). The van der Waals surface area contributed by atoms with Crippen LogP contribution < -0.4 is 0 Å². The lowest BCUT2D eigenvalue weighted by Crippen LogP contribution is -2.62. The van der Waals surface area contributed by atoms with E-state index in [1.165, 1.54) is 0 Å². The third-order valence-corrected chi connectivity index (χ3v) is 9.95. The van der Waals surface area contributed by atoms with Gasteiger partial charge in [0.15, 0.2) is 0 Å². The van der Waals surface area contributed by atoms with Crippen molar-refractivity contribution in [2.75, 3.05) is 6.61 Å². The highest BCUT2D eigenvalue weighted by Gasteiger charge is 2.68. The second-order valence-electron chi connectivity index (χ2n) is 10.7. The fourth-order valence-electron chi connectivity index (χ4n) is 8.36. The van der Waals surface area contributed by atoms with Gasteiger partial charge < -0.3 is 14.9 Å². The van der Waals surface area contributed by atoms with Gasteiger partial charge in [0, 0.05) is 11.0 Å². The number of hydrogen-bond donors (Lipinski definition) is 2. The van der Waals surface area contributed by atoms with Crippen molar-refractivity contribution in [1.29, 1.82) is 0 Å². The second-order valence-corrected chi connectivity index (χ2v) is 10.7. The number of ether oxygens (including phenoxy) is 1. The highest BCUT2D eigenvalue weighted by molar-refractivity contribution is 5.91. The average Bonchev–Trinajstić information content (AvgIpc) is 3.16. The molecule has 3 unspecified atom stereocenters. The van der Waals surface area contributed by atoms with Crippen LogP contribution in [0.2, 0.25) is 0 Å². The number of fused-ring (bicyclic) bond motifs is 5. The minimum atomic E-state index is -0.672. The van der Waals surface area contributed by atoms with Crippen LogP contribution in [0.25, 0.3) is 0 Å². The van der Waals surface area contributed by atoms with E-state index < -0.39 is 5.60 Å². The second kappa shape index (κ2) is 5.82. The van der Waals surface area contributed by atoms with Gasteiger partial charge in [0.2, 0.25) is 0 Å². The Bertz CT molecular complexity index is 686. The van der Waals surface area contributed by atoms with Crippen LogP contribution >= 0.6 is 0 Å². The summed E-state index contributed by atoms with van der Waals surface area (Å²) in [6.07, 6.45) is 10.8. The summed E-state index contributed by atoms with van der Waals surface area (Å²) < 4.78 is 5.20. The Labute approximate surface area is 162 Å². The molecule has 5 aliphatic rings. The van der Waals surface area contributed by atoms with Gasteiger partial charge in [0.1, 0.15) is 6.61 Å². The van der Waals surface area contributed by atoms with Crippen molar-refractivity contribution in [3.05, 3.63) is 11.6 Å². The average molecular weight is 375 g/mol. The quantitative estimate of drug-likeness (QED) is 0.688. The molecule has 4 aliphatic carbocycles. The van der Waals surface area contributed by atoms with E-state index >= 15 is 0 Å². The first-order chi connectivity index (χ1) is 12.8. The van der Waals surface area contributed by atoms with Crippen molar-refractivity contribution in [1.82, 2.24) is 0 Å². The molecule has 0 amide bonds. The number of hydrogen-bond acceptors (Lipinski definition) is 4. The summed E-state index contributed by atoms with van der Waals surface area (Å²) in [5.41, 5.74) is 0.185. The predicted molar refractivity (Wildman–Crippen MR) is 102 cm³/mol. The molecule has 4 saturated carbocycles. The molecule has 0 aromatic rings. The summed E-state index contributed by atoms with van der Waals surface area (Å²) in [5, 5.41) is 22.3. The van der Waals surface area contributed by atoms with E-state index in [1.807, 2.05) is 6.08 Å². The molecule has 27 heavy (non-hydrogen) atoms. The zero-order chi connectivity index (χ0) is 19.0. The fourth-order valence-corrected chi connectivity index (χ4v) is 8.36. The normalized spacial score (nSPS) is 54.6. The molecule has 0 radical (unpaired) electrons. The van der Waals surface area contributed by atoms with Gasteiger partial charge in [0.25, 0.3) is 0 Å². The predicted octanol–water partition coefficient (Wildman–Crippen LogP) is 3.60. The first-order valence-electron chi connectivity index (χ1n) is 11.1. The zero-order valence-electron chi connectivity index (χ0n) is 16.7. The van der Waals surface area contributed by atoms with Crippen LogP contribution in [0.1, 0.15) is 71.6 Å². The molecule has 0 bridgehead atoms. The van der Waals surface area contributed by atoms with E-state index in [-0.39, 0.29) is 28.8 Å². The van der Waals surface area contributed by atoms with Crippen LogP contribution in [-0.4, -0.2) is 34.5 Å². The first-order valence-corrected chi connectivity index (χ1v) is 11.1. The van der Waals surface area contributed by atoms with E-state index in [0.29, 0.717) is 24.4 Å². The molecule has 4 nitrogen and oxygen atoms in total. The third-order valence-electron chi connectivity index (χ3n) is 9.95. The van der Waals surface area contributed by atoms with Gasteiger partial charge in [-0.3, -0.25) is 0 Å². The van der Waals surface area contributed by atoms with Crippen LogP contribution in [0.5, 0.6) is 0 Å². The lowest BCUT2D eigenvalue weighted by Gasteiger charge is -2.63. The minimum Gasteiger partial charge on any atom is -0.458 e. The molecule has 1 aliphatic heterocycles. The van der Waals surface area contributed by atoms with E-state index in [1.54, 1.807) is 0 Å². The molecule has 0 aromatic heterocycles. The molecule has 0 aromatic carbocycles. The van der Waals surface area contributed by atoms with Gasteiger partial charge >= 0.3 is 5.97 Å². The Hall–Kier alpha value is -0.870. The lowest BCUT2D eigenvalue weighted by molar-refractivity contribution is -0.208. The van der Waals surface area contributed by atoms with Gasteiger partial charge in [-0.05, 0) is 93.0 Å². The zero-order valence-corrected chi connectivity index (χ0v) is 16.7. The lowest BCUT2D eigenvalue weighted by atomic mass is 9.43. The van der Waals surface area contributed by atoms with Crippen LogP contribution in [0, 0.1) is 34.5 Å². The van der Waals surface area contributed by atoms with Crippen LogP contribution in [0.15, 0.2) is 11.6 Å². The number of carbonyl (C=O) groups excluding carboxylic acids is 1. The summed E-state index contributed by atoms with van der Waals surface area (Å²) in [6.45, 7) is 5.08. The molecular weight excluding hydrogens is 340 g/mol. The fraction of sp³-hybridized carbons (Fsp3) is 0.870. The Kier molecular flexibility index (Phi) is 3.92. The number of cyclic esters (lactones) is 1. The largest absolute Gasteiger partial charge is 0.458 e. The molecule has 8 atom stereocenters. The maximum Gasteiger partial charge on any atom is 0.334 e. The molecule has 0 spiro atoms. The van der Waals surface area contributed by atoms with Gasteiger partial charge in [-0.15, -0.1) is 0 Å². The Balaban J connectivity index is 1.48. The molecular formula is C23H34O4. The summed E-state index contributed by atoms with van der Waals surface area (Å²) in [6, 6.07) is 0. The summed E-state index contributed by atoms with van der Waals surface area (Å²) in [7, 11) is 0. The summed E-state index contributed by atoms with van der Waals surface area (Å²) >= 11 is 0. The van der Waals surface area contributed by atoms with Crippen molar-refractivity contribution < 1.29 is 19.7 Å². The van der Waals surface area contributed by atoms with Gasteiger partial charge in [-0.1, -0.05) is 13.8 Å². The number of aliphatic hydroxyl groups excluding tert-OH is 1. The number of aliphatic hydroxyl groups is 2. The molecule has 1 heterocycles. The standard InChI is InChI=1S/C23H34O4/c1-21-9-5-15(24)13-14(21)3-4-19-18(21)6-10-22(2)17(7-11-23(19,22)26)16-8-12-27-20(16)25/h8,14-15,17-19,24,26H,3-7,9-13H2,1-2H3/t14-,15?,17-,18?,19?,21+,22-,23+/m1/s1. The Morgan fingerprint density at radius 3 is 2.59 bits per heavy atom. The van der Waals surface area contributed by atoms with Crippen molar-refractivity contribution in [2.45, 2.75) is 83.3 Å². The molecule has 4 heteroatoms. The molecule has 2 N–H and O–H groups in total. The van der Waals surface area contributed by atoms with E-state index in [0.717, 1.165) is 63.4 Å². The number of rotatable bonds is 1. The van der Waals surface area contributed by atoms with Crippen LogP contribution in [0.3, 0.4) is 0 Å². The SMILES string of the molecule is C[C@]12CCC(O)C[C@H]1CCC1C2CC[C@]2(C)[C@@H](C3=CCOC3=O)CC[C@]12O.